The zero-order valence-corrected chi connectivity index (χ0v) is 17.1. The highest BCUT2D eigenvalue weighted by Crippen LogP contribution is 2.29. The van der Waals surface area contributed by atoms with Crippen molar-refractivity contribution in [1.29, 1.82) is 0 Å². The number of hydrogen-bond acceptors (Lipinski definition) is 4. The van der Waals surface area contributed by atoms with Crippen molar-refractivity contribution in [1.82, 2.24) is 0 Å². The van der Waals surface area contributed by atoms with Crippen molar-refractivity contribution in [2.45, 2.75) is 13.0 Å². The smallest absolute Gasteiger partial charge is 0.119 e. The molecule has 0 aromatic heterocycles. The molecule has 0 radical (unpaired) electrons. The summed E-state index contributed by atoms with van der Waals surface area (Å²) in [5, 5.41) is 0. The van der Waals surface area contributed by atoms with E-state index in [0.717, 1.165) is 29.4 Å². The van der Waals surface area contributed by atoms with Crippen LogP contribution in [0.5, 0.6) is 11.5 Å². The van der Waals surface area contributed by atoms with Crippen LogP contribution in [0.2, 0.25) is 0 Å². The van der Waals surface area contributed by atoms with Gasteiger partial charge in [0.15, 0.2) is 0 Å². The molecule has 0 fully saturated rings. The van der Waals surface area contributed by atoms with Gasteiger partial charge in [-0.2, -0.15) is 0 Å². The first-order chi connectivity index (χ1) is 14.2. The molecule has 4 heteroatoms. The zero-order valence-electron chi connectivity index (χ0n) is 17.1. The third-order valence-electron chi connectivity index (χ3n) is 5.32. The van der Waals surface area contributed by atoms with Gasteiger partial charge in [0.2, 0.25) is 0 Å². The van der Waals surface area contributed by atoms with E-state index in [1.165, 1.54) is 11.1 Å². The number of benzene rings is 2. The van der Waals surface area contributed by atoms with Crippen molar-refractivity contribution in [3.63, 3.8) is 0 Å². The Morgan fingerprint density at radius 1 is 0.759 bits per heavy atom. The van der Waals surface area contributed by atoms with Crippen molar-refractivity contribution in [2.75, 3.05) is 30.6 Å². The summed E-state index contributed by atoms with van der Waals surface area (Å²) in [6.07, 6.45) is 13.3. The molecule has 2 aliphatic heterocycles. The van der Waals surface area contributed by atoms with Crippen LogP contribution < -0.4 is 19.3 Å². The largest absolute Gasteiger partial charge is 0.497 e. The Morgan fingerprint density at radius 2 is 1.34 bits per heavy atom. The number of ether oxygens (including phenoxy) is 2. The number of allylic oxidation sites excluding steroid dienone is 4. The molecule has 0 N–H and O–H groups in total. The third kappa shape index (κ3) is 4.06. The molecule has 2 aliphatic rings. The molecule has 1 atom stereocenters. The van der Waals surface area contributed by atoms with Crippen LogP contribution in [0, 0.1) is 0 Å². The lowest BCUT2D eigenvalue weighted by atomic mass is 9.98. The fraction of sp³-hybridized carbons (Fsp3) is 0.200. The van der Waals surface area contributed by atoms with Crippen molar-refractivity contribution >= 4 is 11.4 Å². The van der Waals surface area contributed by atoms with Crippen LogP contribution in [0.1, 0.15) is 6.92 Å². The summed E-state index contributed by atoms with van der Waals surface area (Å²) in [5.41, 5.74) is 4.83. The summed E-state index contributed by atoms with van der Waals surface area (Å²) in [6.45, 7) is 3.06. The SMILES string of the molecule is COc1ccc(N2C=CC(C3=CC(C)N(c4ccc(OC)cc4)C=C3)=CC2)cc1. The summed E-state index contributed by atoms with van der Waals surface area (Å²) in [5.74, 6) is 1.75. The lowest BCUT2D eigenvalue weighted by Gasteiger charge is -2.30. The normalized spacial score (nSPS) is 18.4. The van der Waals surface area contributed by atoms with E-state index < -0.39 is 0 Å². The average molecular weight is 386 g/mol. The summed E-state index contributed by atoms with van der Waals surface area (Å²) in [4.78, 5) is 4.49. The number of rotatable bonds is 5. The van der Waals surface area contributed by atoms with Gasteiger partial charge in [0.1, 0.15) is 11.5 Å². The van der Waals surface area contributed by atoms with E-state index in [4.69, 9.17) is 9.47 Å². The molecule has 2 aromatic carbocycles. The predicted octanol–water partition coefficient (Wildman–Crippen LogP) is 5.31. The lowest BCUT2D eigenvalue weighted by Crippen LogP contribution is -2.28. The Labute approximate surface area is 172 Å². The lowest BCUT2D eigenvalue weighted by molar-refractivity contribution is 0.414. The van der Waals surface area contributed by atoms with Crippen LogP contribution in [-0.2, 0) is 0 Å². The van der Waals surface area contributed by atoms with Crippen molar-refractivity contribution in [3.8, 4) is 11.5 Å². The Balaban J connectivity index is 1.44. The van der Waals surface area contributed by atoms with Gasteiger partial charge in [-0.25, -0.2) is 0 Å². The Hall–Kier alpha value is -3.40. The van der Waals surface area contributed by atoms with E-state index in [-0.39, 0.29) is 6.04 Å². The summed E-state index contributed by atoms with van der Waals surface area (Å²) in [7, 11) is 3.38. The van der Waals surface area contributed by atoms with Gasteiger partial charge in [-0.3, -0.25) is 0 Å². The predicted molar refractivity (Wildman–Crippen MR) is 120 cm³/mol. The molecular weight excluding hydrogens is 360 g/mol. The highest BCUT2D eigenvalue weighted by Gasteiger charge is 2.17. The number of anilines is 2. The first-order valence-corrected chi connectivity index (χ1v) is 9.80. The maximum Gasteiger partial charge on any atom is 0.119 e. The zero-order chi connectivity index (χ0) is 20.2. The van der Waals surface area contributed by atoms with Gasteiger partial charge in [0.05, 0.1) is 14.2 Å². The number of hydrogen-bond donors (Lipinski definition) is 0. The van der Waals surface area contributed by atoms with Crippen LogP contribution >= 0.6 is 0 Å². The molecule has 0 saturated heterocycles. The summed E-state index contributed by atoms with van der Waals surface area (Å²) in [6, 6.07) is 16.6. The second-order valence-electron chi connectivity index (χ2n) is 7.11. The second-order valence-corrected chi connectivity index (χ2v) is 7.11. The molecule has 0 aliphatic carbocycles. The molecule has 2 heterocycles. The van der Waals surface area contributed by atoms with Gasteiger partial charge >= 0.3 is 0 Å². The summed E-state index contributed by atoms with van der Waals surface area (Å²) < 4.78 is 10.5. The van der Waals surface area contributed by atoms with Gasteiger partial charge in [0.25, 0.3) is 0 Å². The molecule has 1 unspecified atom stereocenters. The van der Waals surface area contributed by atoms with Gasteiger partial charge in [-0.15, -0.1) is 0 Å². The van der Waals surface area contributed by atoms with Crippen molar-refractivity contribution in [2.24, 2.45) is 0 Å². The Kier molecular flexibility index (Phi) is 5.43. The highest BCUT2D eigenvalue weighted by molar-refractivity contribution is 5.61. The van der Waals surface area contributed by atoms with E-state index in [0.29, 0.717) is 0 Å². The first-order valence-electron chi connectivity index (χ1n) is 9.80. The number of methoxy groups -OCH3 is 2. The number of nitrogens with zero attached hydrogens (tertiary/aromatic N) is 2. The Morgan fingerprint density at radius 3 is 1.86 bits per heavy atom. The van der Waals surface area contributed by atoms with Crippen LogP contribution in [0.3, 0.4) is 0 Å². The van der Waals surface area contributed by atoms with Crippen molar-refractivity contribution < 1.29 is 9.47 Å². The van der Waals surface area contributed by atoms with Gasteiger partial charge < -0.3 is 19.3 Å². The minimum absolute atomic E-state index is 0.275. The van der Waals surface area contributed by atoms with Gasteiger partial charge in [-0.1, -0.05) is 12.2 Å². The molecule has 148 valence electrons. The fourth-order valence-electron chi connectivity index (χ4n) is 3.64. The van der Waals surface area contributed by atoms with E-state index >= 15 is 0 Å². The van der Waals surface area contributed by atoms with Crippen LogP contribution in [0.25, 0.3) is 0 Å². The van der Waals surface area contributed by atoms with E-state index in [2.05, 4.69) is 77.7 Å². The molecule has 0 saturated carbocycles. The standard InChI is InChI=1S/C25H26N2O2/c1-19-18-21(14-17-27(19)23-6-10-25(29-3)11-7-23)20-12-15-26(16-13-20)22-4-8-24(28-2)9-5-22/h4-15,17-19H,16H2,1-3H3. The highest BCUT2D eigenvalue weighted by atomic mass is 16.5. The van der Waals surface area contributed by atoms with Gasteiger partial charge in [0, 0.05) is 36.4 Å². The average Bonchev–Trinajstić information content (AvgIpc) is 2.79. The maximum atomic E-state index is 5.26. The first kappa shape index (κ1) is 18.9. The van der Waals surface area contributed by atoms with E-state index in [9.17, 15) is 0 Å². The maximum absolute atomic E-state index is 5.26. The van der Waals surface area contributed by atoms with E-state index in [1.54, 1.807) is 14.2 Å². The minimum atomic E-state index is 0.275. The topological polar surface area (TPSA) is 24.9 Å². The Bertz CT molecular complexity index is 969. The third-order valence-corrected chi connectivity index (χ3v) is 5.32. The molecule has 4 rings (SSSR count). The molecule has 2 aromatic rings. The molecule has 29 heavy (non-hydrogen) atoms. The van der Waals surface area contributed by atoms with E-state index in [1.807, 2.05) is 24.3 Å². The quantitative estimate of drug-likeness (QED) is 0.695. The molecule has 0 spiro atoms. The van der Waals surface area contributed by atoms with Gasteiger partial charge in [-0.05, 0) is 78.8 Å². The molecule has 4 nitrogen and oxygen atoms in total. The van der Waals surface area contributed by atoms with Crippen LogP contribution in [0.15, 0.2) is 96.4 Å². The molecule has 0 amide bonds. The van der Waals surface area contributed by atoms with Crippen molar-refractivity contribution in [3.05, 3.63) is 96.4 Å². The van der Waals surface area contributed by atoms with Crippen LogP contribution in [-0.4, -0.2) is 26.8 Å². The monoisotopic (exact) mass is 386 g/mol. The fourth-order valence-corrected chi connectivity index (χ4v) is 3.64. The summed E-state index contributed by atoms with van der Waals surface area (Å²) >= 11 is 0. The second kappa shape index (κ2) is 8.31. The van der Waals surface area contributed by atoms with Crippen LogP contribution in [0.4, 0.5) is 11.4 Å². The molecule has 0 bridgehead atoms. The minimum Gasteiger partial charge on any atom is -0.497 e. The molecular formula is C25H26N2O2.